The number of ether oxygens (including phenoxy) is 1. The summed E-state index contributed by atoms with van der Waals surface area (Å²) in [7, 11) is 0. The van der Waals surface area contributed by atoms with E-state index >= 15 is 0 Å². The van der Waals surface area contributed by atoms with E-state index in [1.54, 1.807) is 17.0 Å². The molecule has 6 heteroatoms. The Hall–Kier alpha value is -2.65. The number of aromatic carboxylic acids is 1. The number of nitrogens with zero attached hydrogens (tertiary/aromatic N) is 2. The highest BCUT2D eigenvalue weighted by atomic mass is 16.5. The number of carbonyl (C=O) groups is 2. The first-order valence-electron chi connectivity index (χ1n) is 6.44. The first-order valence-corrected chi connectivity index (χ1v) is 6.44. The van der Waals surface area contributed by atoms with Crippen molar-refractivity contribution in [2.75, 3.05) is 26.3 Å². The largest absolute Gasteiger partial charge is 0.478 e. The molecular formula is C15H14N2O4. The molecule has 0 radical (unpaired) electrons. The van der Waals surface area contributed by atoms with Crippen LogP contribution in [-0.2, 0) is 9.53 Å². The maximum Gasteiger partial charge on any atom is 0.335 e. The molecule has 1 amide bonds. The van der Waals surface area contributed by atoms with Crippen LogP contribution >= 0.6 is 0 Å². The number of benzene rings is 1. The summed E-state index contributed by atoms with van der Waals surface area (Å²) < 4.78 is 5.17. The van der Waals surface area contributed by atoms with Gasteiger partial charge in [-0.05, 0) is 23.8 Å². The minimum absolute atomic E-state index is 0.0278. The van der Waals surface area contributed by atoms with Crippen molar-refractivity contribution in [3.8, 4) is 6.07 Å². The highest BCUT2D eigenvalue weighted by Gasteiger charge is 2.20. The van der Waals surface area contributed by atoms with Gasteiger partial charge in [0.05, 0.1) is 18.8 Å². The van der Waals surface area contributed by atoms with Crippen LogP contribution in [0.25, 0.3) is 6.08 Å². The van der Waals surface area contributed by atoms with Gasteiger partial charge in [-0.2, -0.15) is 5.26 Å². The van der Waals surface area contributed by atoms with Gasteiger partial charge in [-0.3, -0.25) is 4.79 Å². The Labute approximate surface area is 121 Å². The number of carboxylic acids is 1. The highest BCUT2D eigenvalue weighted by Crippen LogP contribution is 2.12. The molecule has 1 saturated heterocycles. The Kier molecular flexibility index (Phi) is 4.69. The molecule has 0 spiro atoms. The van der Waals surface area contributed by atoms with Crippen molar-refractivity contribution in [3.63, 3.8) is 0 Å². The van der Waals surface area contributed by atoms with Gasteiger partial charge in [-0.15, -0.1) is 0 Å². The molecule has 1 N–H and O–H groups in total. The van der Waals surface area contributed by atoms with E-state index in [1.165, 1.54) is 18.2 Å². The number of carboxylic acid groups (broad SMARTS) is 1. The van der Waals surface area contributed by atoms with Crippen LogP contribution in [0.3, 0.4) is 0 Å². The van der Waals surface area contributed by atoms with Crippen molar-refractivity contribution in [2.45, 2.75) is 0 Å². The van der Waals surface area contributed by atoms with Gasteiger partial charge >= 0.3 is 5.97 Å². The first-order chi connectivity index (χ1) is 10.1. The summed E-state index contributed by atoms with van der Waals surface area (Å²) in [5.74, 6) is -1.35. The van der Waals surface area contributed by atoms with Crippen LogP contribution in [0, 0.1) is 11.3 Å². The quantitative estimate of drug-likeness (QED) is 0.665. The molecule has 1 heterocycles. The van der Waals surface area contributed by atoms with Crippen LogP contribution in [0.2, 0.25) is 0 Å². The summed E-state index contributed by atoms with van der Waals surface area (Å²) in [4.78, 5) is 24.5. The Morgan fingerprint density at radius 1 is 1.24 bits per heavy atom. The molecule has 0 aromatic heterocycles. The molecule has 1 aliphatic heterocycles. The van der Waals surface area contributed by atoms with Crippen molar-refractivity contribution in [2.24, 2.45) is 0 Å². The molecule has 0 bridgehead atoms. The Balaban J connectivity index is 2.17. The van der Waals surface area contributed by atoms with E-state index in [4.69, 9.17) is 15.1 Å². The maximum absolute atomic E-state index is 12.2. The third-order valence-corrected chi connectivity index (χ3v) is 3.12. The smallest absolute Gasteiger partial charge is 0.335 e. The Morgan fingerprint density at radius 2 is 1.86 bits per heavy atom. The van der Waals surface area contributed by atoms with Crippen molar-refractivity contribution < 1.29 is 19.4 Å². The normalized spacial score (nSPS) is 15.4. The van der Waals surface area contributed by atoms with Gasteiger partial charge in [0, 0.05) is 13.1 Å². The minimum atomic E-state index is -1.02. The number of hydrogen-bond acceptors (Lipinski definition) is 4. The summed E-state index contributed by atoms with van der Waals surface area (Å²) in [5.41, 5.74) is 0.795. The molecule has 1 aromatic rings. The van der Waals surface area contributed by atoms with Crippen LogP contribution in [0.15, 0.2) is 29.8 Å². The second-order valence-electron chi connectivity index (χ2n) is 4.50. The highest BCUT2D eigenvalue weighted by molar-refractivity contribution is 6.01. The average molecular weight is 286 g/mol. The van der Waals surface area contributed by atoms with Crippen LogP contribution < -0.4 is 0 Å². The second kappa shape index (κ2) is 6.68. The van der Waals surface area contributed by atoms with Gasteiger partial charge in [0.25, 0.3) is 5.91 Å². The molecule has 108 valence electrons. The van der Waals surface area contributed by atoms with Gasteiger partial charge in [0.1, 0.15) is 11.6 Å². The third kappa shape index (κ3) is 3.68. The standard InChI is InChI=1S/C15H14N2O4/c16-10-13(14(18)17-5-7-21-8-6-17)9-11-1-3-12(4-2-11)15(19)20/h1-4,9H,5-8H2,(H,19,20). The van der Waals surface area contributed by atoms with Crippen LogP contribution in [0.1, 0.15) is 15.9 Å². The number of hydrogen-bond donors (Lipinski definition) is 1. The molecule has 21 heavy (non-hydrogen) atoms. The van der Waals surface area contributed by atoms with Crippen molar-refractivity contribution in [1.29, 1.82) is 5.26 Å². The fraction of sp³-hybridized carbons (Fsp3) is 0.267. The van der Waals surface area contributed by atoms with Gasteiger partial charge in [-0.1, -0.05) is 12.1 Å². The lowest BCUT2D eigenvalue weighted by Gasteiger charge is -2.26. The van der Waals surface area contributed by atoms with Gasteiger partial charge < -0.3 is 14.7 Å². The fourth-order valence-electron chi connectivity index (χ4n) is 1.97. The Morgan fingerprint density at radius 3 is 2.38 bits per heavy atom. The number of nitriles is 1. The zero-order valence-electron chi connectivity index (χ0n) is 11.3. The summed E-state index contributed by atoms with van der Waals surface area (Å²) in [6.07, 6.45) is 1.46. The fourth-order valence-corrected chi connectivity index (χ4v) is 1.97. The SMILES string of the molecule is N#CC(=Cc1ccc(C(=O)O)cc1)C(=O)N1CCOCC1. The van der Waals surface area contributed by atoms with Crippen molar-refractivity contribution >= 4 is 18.0 Å². The maximum atomic E-state index is 12.2. The molecule has 0 atom stereocenters. The van der Waals surface area contributed by atoms with Gasteiger partial charge in [0.15, 0.2) is 0 Å². The predicted octanol–water partition coefficient (Wildman–Crippen LogP) is 1.15. The van der Waals surface area contributed by atoms with Crippen LogP contribution in [-0.4, -0.2) is 48.2 Å². The third-order valence-electron chi connectivity index (χ3n) is 3.12. The second-order valence-corrected chi connectivity index (χ2v) is 4.50. The zero-order chi connectivity index (χ0) is 15.2. The van der Waals surface area contributed by atoms with Crippen molar-refractivity contribution in [1.82, 2.24) is 4.90 Å². The molecule has 2 rings (SSSR count). The van der Waals surface area contributed by atoms with E-state index in [2.05, 4.69) is 0 Å². The topological polar surface area (TPSA) is 90.6 Å². The number of morpholine rings is 1. The zero-order valence-corrected chi connectivity index (χ0v) is 11.3. The molecular weight excluding hydrogens is 272 g/mol. The van der Waals surface area contributed by atoms with E-state index < -0.39 is 5.97 Å². The summed E-state index contributed by atoms with van der Waals surface area (Å²) >= 11 is 0. The first kappa shape index (κ1) is 14.8. The van der Waals surface area contributed by atoms with E-state index in [1.807, 2.05) is 6.07 Å². The monoisotopic (exact) mass is 286 g/mol. The van der Waals surface area contributed by atoms with E-state index in [0.717, 1.165) is 0 Å². The predicted molar refractivity (Wildman–Crippen MR) is 74.4 cm³/mol. The molecule has 0 saturated carbocycles. The summed E-state index contributed by atoms with van der Waals surface area (Å²) in [6.45, 7) is 1.88. The lowest BCUT2D eigenvalue weighted by atomic mass is 10.1. The van der Waals surface area contributed by atoms with Gasteiger partial charge in [-0.25, -0.2) is 4.79 Å². The van der Waals surface area contributed by atoms with Gasteiger partial charge in [0.2, 0.25) is 0 Å². The number of amides is 1. The average Bonchev–Trinajstić information content (AvgIpc) is 2.53. The molecule has 1 fully saturated rings. The lowest BCUT2D eigenvalue weighted by molar-refractivity contribution is -0.130. The minimum Gasteiger partial charge on any atom is -0.478 e. The lowest BCUT2D eigenvalue weighted by Crippen LogP contribution is -2.41. The van der Waals surface area contributed by atoms with Crippen molar-refractivity contribution in [3.05, 3.63) is 41.0 Å². The van der Waals surface area contributed by atoms with Crippen LogP contribution in [0.5, 0.6) is 0 Å². The molecule has 1 aliphatic rings. The number of rotatable bonds is 3. The molecule has 1 aromatic carbocycles. The van der Waals surface area contributed by atoms with E-state index in [9.17, 15) is 9.59 Å². The molecule has 0 unspecified atom stereocenters. The van der Waals surface area contributed by atoms with E-state index in [-0.39, 0.29) is 17.0 Å². The van der Waals surface area contributed by atoms with E-state index in [0.29, 0.717) is 31.9 Å². The summed E-state index contributed by atoms with van der Waals surface area (Å²) in [6, 6.07) is 7.89. The number of carbonyl (C=O) groups excluding carboxylic acids is 1. The van der Waals surface area contributed by atoms with Crippen LogP contribution in [0.4, 0.5) is 0 Å². The Bertz CT molecular complexity index is 608. The molecule has 6 nitrogen and oxygen atoms in total. The molecule has 0 aliphatic carbocycles. The summed E-state index contributed by atoms with van der Waals surface area (Å²) in [5, 5.41) is 18.0.